The Morgan fingerprint density at radius 3 is 2.39 bits per heavy atom. The smallest absolute Gasteiger partial charge is 0.223 e. The van der Waals surface area contributed by atoms with Crippen LogP contribution >= 0.6 is 11.6 Å². The van der Waals surface area contributed by atoms with E-state index in [2.05, 4.69) is 16.9 Å². The summed E-state index contributed by atoms with van der Waals surface area (Å²) in [6.45, 7) is 5.99. The van der Waals surface area contributed by atoms with E-state index in [1.54, 1.807) is 7.11 Å². The molecule has 0 fully saturated rings. The van der Waals surface area contributed by atoms with E-state index in [1.807, 2.05) is 32.0 Å². The third-order valence-electron chi connectivity index (χ3n) is 3.06. The molecule has 0 atom stereocenters. The molecule has 3 nitrogen and oxygen atoms in total. The normalized spacial score (nSPS) is 10.5. The van der Waals surface area contributed by atoms with Gasteiger partial charge in [-0.15, -0.1) is 0 Å². The number of hydrogen-bond acceptors (Lipinski definition) is 3. The molecule has 0 saturated heterocycles. The number of aromatic nitrogens is 2. The van der Waals surface area contributed by atoms with Crippen molar-refractivity contribution < 1.29 is 4.74 Å². The summed E-state index contributed by atoms with van der Waals surface area (Å²) < 4.78 is 5.31. The van der Waals surface area contributed by atoms with E-state index in [1.165, 1.54) is 0 Å². The Kier molecular flexibility index (Phi) is 3.53. The summed E-state index contributed by atoms with van der Waals surface area (Å²) in [5, 5.41) is 0.276. The zero-order chi connectivity index (χ0) is 13.3. The van der Waals surface area contributed by atoms with E-state index in [0.717, 1.165) is 33.8 Å². The second kappa shape index (κ2) is 4.94. The molecule has 0 spiro atoms. The Morgan fingerprint density at radius 2 is 1.78 bits per heavy atom. The third-order valence-corrected chi connectivity index (χ3v) is 3.23. The van der Waals surface area contributed by atoms with Crippen molar-refractivity contribution in [3.8, 4) is 17.0 Å². The van der Waals surface area contributed by atoms with Crippen molar-refractivity contribution in [2.45, 2.75) is 20.8 Å². The first-order valence-electron chi connectivity index (χ1n) is 5.68. The van der Waals surface area contributed by atoms with Crippen LogP contribution in [0.3, 0.4) is 0 Å². The number of benzene rings is 1. The molecule has 0 amide bonds. The van der Waals surface area contributed by atoms with Gasteiger partial charge in [-0.05, 0) is 61.7 Å². The van der Waals surface area contributed by atoms with Gasteiger partial charge < -0.3 is 4.74 Å². The van der Waals surface area contributed by atoms with Crippen molar-refractivity contribution in [1.29, 1.82) is 0 Å². The van der Waals surface area contributed by atoms with Crippen molar-refractivity contribution in [2.24, 2.45) is 0 Å². The van der Waals surface area contributed by atoms with Gasteiger partial charge in [0.2, 0.25) is 5.28 Å². The van der Waals surface area contributed by atoms with Gasteiger partial charge in [-0.3, -0.25) is 0 Å². The van der Waals surface area contributed by atoms with Crippen molar-refractivity contribution >= 4 is 11.6 Å². The molecule has 1 aromatic carbocycles. The van der Waals surface area contributed by atoms with Gasteiger partial charge in [0.25, 0.3) is 0 Å². The van der Waals surface area contributed by atoms with Crippen LogP contribution in [-0.4, -0.2) is 17.1 Å². The van der Waals surface area contributed by atoms with Gasteiger partial charge in [-0.2, -0.15) is 0 Å². The highest BCUT2D eigenvalue weighted by Gasteiger charge is 2.10. The number of ether oxygens (including phenoxy) is 1. The minimum Gasteiger partial charge on any atom is -0.496 e. The van der Waals surface area contributed by atoms with Gasteiger partial charge in [0, 0.05) is 11.3 Å². The van der Waals surface area contributed by atoms with E-state index >= 15 is 0 Å². The largest absolute Gasteiger partial charge is 0.496 e. The van der Waals surface area contributed by atoms with Gasteiger partial charge in [0.15, 0.2) is 0 Å². The Hall–Kier alpha value is -1.61. The first kappa shape index (κ1) is 12.8. The van der Waals surface area contributed by atoms with Gasteiger partial charge in [-0.25, -0.2) is 9.97 Å². The molecule has 0 bridgehead atoms. The summed E-state index contributed by atoms with van der Waals surface area (Å²) >= 11 is 5.90. The van der Waals surface area contributed by atoms with Crippen molar-refractivity contribution in [2.75, 3.05) is 7.11 Å². The van der Waals surface area contributed by atoms with Crippen LogP contribution in [0.4, 0.5) is 0 Å². The topological polar surface area (TPSA) is 35.0 Å². The summed E-state index contributed by atoms with van der Waals surface area (Å²) in [5.41, 5.74) is 5.01. The first-order chi connectivity index (χ1) is 8.52. The number of nitrogens with zero attached hydrogens (tertiary/aromatic N) is 2. The molecule has 0 unspecified atom stereocenters. The van der Waals surface area contributed by atoms with Crippen LogP contribution in [0.2, 0.25) is 5.28 Å². The Balaban J connectivity index is 2.61. The number of halogens is 1. The average molecular weight is 263 g/mol. The average Bonchev–Trinajstić information content (AvgIpc) is 2.31. The van der Waals surface area contributed by atoms with Crippen LogP contribution in [0.15, 0.2) is 18.2 Å². The molecule has 0 radical (unpaired) electrons. The van der Waals surface area contributed by atoms with Crippen LogP contribution in [0, 0.1) is 20.8 Å². The van der Waals surface area contributed by atoms with Gasteiger partial charge in [-0.1, -0.05) is 0 Å². The predicted octanol–water partition coefficient (Wildman–Crippen LogP) is 3.73. The molecule has 1 heterocycles. The second-order valence-corrected chi connectivity index (χ2v) is 4.57. The van der Waals surface area contributed by atoms with Gasteiger partial charge >= 0.3 is 0 Å². The lowest BCUT2D eigenvalue weighted by atomic mass is 9.99. The molecule has 0 aliphatic carbocycles. The maximum atomic E-state index is 5.90. The van der Waals surface area contributed by atoms with Gasteiger partial charge in [0.05, 0.1) is 12.8 Å². The lowest BCUT2D eigenvalue weighted by Gasteiger charge is -2.12. The van der Waals surface area contributed by atoms with Crippen LogP contribution < -0.4 is 4.74 Å². The zero-order valence-corrected chi connectivity index (χ0v) is 11.7. The fraction of sp³-hybridized carbons (Fsp3) is 0.286. The first-order valence-corrected chi connectivity index (χ1v) is 6.06. The summed E-state index contributed by atoms with van der Waals surface area (Å²) in [6.07, 6.45) is 0. The molecule has 2 aromatic rings. The predicted molar refractivity (Wildman–Crippen MR) is 73.2 cm³/mol. The zero-order valence-electron chi connectivity index (χ0n) is 10.9. The summed E-state index contributed by atoms with van der Waals surface area (Å²) in [4.78, 5) is 8.35. The Bertz CT molecular complexity index is 576. The maximum absolute atomic E-state index is 5.90. The number of methoxy groups -OCH3 is 1. The van der Waals surface area contributed by atoms with Crippen LogP contribution in [0.25, 0.3) is 11.3 Å². The minimum atomic E-state index is 0.276. The lowest BCUT2D eigenvalue weighted by Crippen LogP contribution is -1.96. The SMILES string of the molecule is COc1ccc(-c2cc(C)nc(Cl)n2)c(C)c1C. The van der Waals surface area contributed by atoms with E-state index in [-0.39, 0.29) is 5.28 Å². The maximum Gasteiger partial charge on any atom is 0.223 e. The van der Waals surface area contributed by atoms with E-state index < -0.39 is 0 Å². The second-order valence-electron chi connectivity index (χ2n) is 4.23. The number of rotatable bonds is 2. The highest BCUT2D eigenvalue weighted by atomic mass is 35.5. The summed E-state index contributed by atoms with van der Waals surface area (Å²) in [5.74, 6) is 0.883. The monoisotopic (exact) mass is 262 g/mol. The van der Waals surface area contributed by atoms with Gasteiger partial charge in [0.1, 0.15) is 5.75 Å². The molecule has 0 aliphatic heterocycles. The summed E-state index contributed by atoms with van der Waals surface area (Å²) in [7, 11) is 1.67. The van der Waals surface area contributed by atoms with Crippen LogP contribution in [0.1, 0.15) is 16.8 Å². The van der Waals surface area contributed by atoms with Crippen molar-refractivity contribution in [3.05, 3.63) is 40.3 Å². The highest BCUT2D eigenvalue weighted by molar-refractivity contribution is 6.28. The molecular formula is C14H15ClN2O. The van der Waals surface area contributed by atoms with E-state index in [4.69, 9.17) is 16.3 Å². The third kappa shape index (κ3) is 2.31. The Morgan fingerprint density at radius 1 is 1.06 bits per heavy atom. The van der Waals surface area contributed by atoms with Crippen molar-refractivity contribution in [1.82, 2.24) is 9.97 Å². The molecular weight excluding hydrogens is 248 g/mol. The van der Waals surface area contributed by atoms with Crippen LogP contribution in [0.5, 0.6) is 5.75 Å². The van der Waals surface area contributed by atoms with Crippen LogP contribution in [-0.2, 0) is 0 Å². The number of aryl methyl sites for hydroxylation is 1. The molecule has 0 aliphatic rings. The molecule has 4 heteroatoms. The van der Waals surface area contributed by atoms with E-state index in [9.17, 15) is 0 Å². The summed E-state index contributed by atoms with van der Waals surface area (Å²) in [6, 6.07) is 5.88. The minimum absolute atomic E-state index is 0.276. The lowest BCUT2D eigenvalue weighted by molar-refractivity contribution is 0.411. The molecule has 94 valence electrons. The molecule has 18 heavy (non-hydrogen) atoms. The fourth-order valence-electron chi connectivity index (χ4n) is 1.96. The molecule has 2 rings (SSSR count). The quantitative estimate of drug-likeness (QED) is 0.774. The highest BCUT2D eigenvalue weighted by Crippen LogP contribution is 2.30. The Labute approximate surface area is 112 Å². The fourth-order valence-corrected chi connectivity index (χ4v) is 2.19. The number of hydrogen-bond donors (Lipinski definition) is 0. The van der Waals surface area contributed by atoms with Crippen molar-refractivity contribution in [3.63, 3.8) is 0 Å². The van der Waals surface area contributed by atoms with E-state index in [0.29, 0.717) is 0 Å². The molecule has 0 saturated carbocycles. The standard InChI is InChI=1S/C14H15ClN2O/c1-8-7-12(17-14(15)16-8)11-5-6-13(18-4)10(3)9(11)2/h5-7H,1-4H3. The molecule has 0 N–H and O–H groups in total. The molecule has 1 aromatic heterocycles.